The molecular weight excluding hydrogens is 268 g/mol. The van der Waals surface area contributed by atoms with Gasteiger partial charge in [-0.1, -0.05) is 19.8 Å². The Morgan fingerprint density at radius 3 is 2.29 bits per heavy atom. The van der Waals surface area contributed by atoms with E-state index in [1.165, 1.54) is 0 Å². The number of rotatable bonds is 10. The van der Waals surface area contributed by atoms with Crippen LogP contribution < -0.4 is 0 Å². The molecule has 0 bridgehead atoms. The van der Waals surface area contributed by atoms with Gasteiger partial charge in [-0.3, -0.25) is 4.79 Å². The minimum Gasteiger partial charge on any atom is -0.466 e. The molecule has 0 heterocycles. The van der Waals surface area contributed by atoms with E-state index in [1.54, 1.807) is 0 Å². The van der Waals surface area contributed by atoms with E-state index in [0.717, 1.165) is 32.1 Å². The smallest absolute Gasteiger partial charge is 0.306 e. The van der Waals surface area contributed by atoms with Crippen LogP contribution in [0.2, 0.25) is 0 Å². The number of esters is 1. The standard InChI is InChI=1S/C17H32O4/c1-5-9-10-15-14(13-16(18)19-6-2)11-12-17(15,20-7-3)21-8-4/h14-15H,5-13H2,1-4H3. The third kappa shape index (κ3) is 4.96. The van der Waals surface area contributed by atoms with Crippen molar-refractivity contribution < 1.29 is 19.0 Å². The monoisotopic (exact) mass is 300 g/mol. The average molecular weight is 300 g/mol. The Kier molecular flexibility index (Phi) is 8.27. The van der Waals surface area contributed by atoms with Crippen LogP contribution >= 0.6 is 0 Å². The van der Waals surface area contributed by atoms with Crippen molar-refractivity contribution in [2.24, 2.45) is 11.8 Å². The summed E-state index contributed by atoms with van der Waals surface area (Å²) < 4.78 is 17.2. The Hall–Kier alpha value is -0.610. The molecule has 1 aliphatic carbocycles. The molecule has 1 aliphatic rings. The van der Waals surface area contributed by atoms with E-state index in [0.29, 0.717) is 38.1 Å². The van der Waals surface area contributed by atoms with Crippen molar-refractivity contribution in [3.8, 4) is 0 Å². The van der Waals surface area contributed by atoms with Crippen LogP contribution in [0, 0.1) is 11.8 Å². The minimum atomic E-state index is -0.490. The lowest BCUT2D eigenvalue weighted by Crippen LogP contribution is -2.42. The molecule has 0 aromatic carbocycles. The Morgan fingerprint density at radius 2 is 1.76 bits per heavy atom. The van der Waals surface area contributed by atoms with Crippen molar-refractivity contribution in [3.05, 3.63) is 0 Å². The number of carbonyl (C=O) groups is 1. The van der Waals surface area contributed by atoms with E-state index in [2.05, 4.69) is 6.92 Å². The van der Waals surface area contributed by atoms with Crippen molar-refractivity contribution in [3.63, 3.8) is 0 Å². The van der Waals surface area contributed by atoms with E-state index in [1.807, 2.05) is 20.8 Å². The molecule has 0 aliphatic heterocycles. The molecule has 0 N–H and O–H groups in total. The summed E-state index contributed by atoms with van der Waals surface area (Å²) in [5.74, 6) is 0.0267. The van der Waals surface area contributed by atoms with Crippen molar-refractivity contribution >= 4 is 5.97 Å². The second-order valence-corrected chi connectivity index (χ2v) is 5.73. The first-order valence-electron chi connectivity index (χ1n) is 8.56. The lowest BCUT2D eigenvalue weighted by molar-refractivity contribution is -0.257. The third-order valence-corrected chi connectivity index (χ3v) is 4.38. The van der Waals surface area contributed by atoms with Crippen molar-refractivity contribution in [2.75, 3.05) is 19.8 Å². The van der Waals surface area contributed by atoms with Gasteiger partial charge >= 0.3 is 5.97 Å². The summed E-state index contributed by atoms with van der Waals surface area (Å²) >= 11 is 0. The van der Waals surface area contributed by atoms with Crippen LogP contribution in [-0.2, 0) is 19.0 Å². The number of carbonyl (C=O) groups excluding carboxylic acids is 1. The van der Waals surface area contributed by atoms with Gasteiger partial charge < -0.3 is 14.2 Å². The van der Waals surface area contributed by atoms with E-state index >= 15 is 0 Å². The second-order valence-electron chi connectivity index (χ2n) is 5.73. The maximum atomic E-state index is 11.8. The molecule has 2 unspecified atom stereocenters. The molecule has 4 heteroatoms. The van der Waals surface area contributed by atoms with Crippen LogP contribution in [0.25, 0.3) is 0 Å². The van der Waals surface area contributed by atoms with Crippen LogP contribution in [0.3, 0.4) is 0 Å². The molecule has 0 aromatic rings. The lowest BCUT2D eigenvalue weighted by Gasteiger charge is -2.37. The van der Waals surface area contributed by atoms with Gasteiger partial charge in [-0.05, 0) is 39.5 Å². The van der Waals surface area contributed by atoms with Crippen LogP contribution in [0.4, 0.5) is 0 Å². The van der Waals surface area contributed by atoms with Gasteiger partial charge in [0.15, 0.2) is 5.79 Å². The molecule has 2 atom stereocenters. The predicted octanol–water partition coefficient (Wildman–Crippen LogP) is 3.93. The number of ether oxygens (including phenoxy) is 3. The van der Waals surface area contributed by atoms with Crippen LogP contribution in [0.15, 0.2) is 0 Å². The quantitative estimate of drug-likeness (QED) is 0.453. The van der Waals surface area contributed by atoms with Gasteiger partial charge in [-0.2, -0.15) is 0 Å². The maximum absolute atomic E-state index is 11.8. The number of hydrogen-bond acceptors (Lipinski definition) is 4. The first kappa shape index (κ1) is 18.4. The molecule has 0 spiro atoms. The molecule has 1 fully saturated rings. The summed E-state index contributed by atoms with van der Waals surface area (Å²) in [7, 11) is 0. The fourth-order valence-electron chi connectivity index (χ4n) is 3.58. The first-order chi connectivity index (χ1) is 10.1. The summed E-state index contributed by atoms with van der Waals surface area (Å²) in [6, 6.07) is 0. The van der Waals surface area contributed by atoms with E-state index < -0.39 is 5.79 Å². The Labute approximate surface area is 129 Å². The largest absolute Gasteiger partial charge is 0.466 e. The molecular formula is C17H32O4. The molecule has 0 saturated heterocycles. The van der Waals surface area contributed by atoms with Crippen molar-refractivity contribution in [1.82, 2.24) is 0 Å². The zero-order valence-electron chi connectivity index (χ0n) is 14.2. The van der Waals surface area contributed by atoms with Crippen LogP contribution in [0.5, 0.6) is 0 Å². The highest BCUT2D eigenvalue weighted by atomic mass is 16.7. The Bertz CT molecular complexity index is 297. The summed E-state index contributed by atoms with van der Waals surface area (Å²) in [4.78, 5) is 11.8. The van der Waals surface area contributed by atoms with Gasteiger partial charge in [-0.25, -0.2) is 0 Å². The SMILES string of the molecule is CCCCC1C(CC(=O)OCC)CCC1(OCC)OCC. The molecule has 1 rings (SSSR count). The topological polar surface area (TPSA) is 44.8 Å². The predicted molar refractivity (Wildman–Crippen MR) is 83.0 cm³/mol. The van der Waals surface area contributed by atoms with Gasteiger partial charge in [-0.15, -0.1) is 0 Å². The fraction of sp³-hybridized carbons (Fsp3) is 0.941. The van der Waals surface area contributed by atoms with Gasteiger partial charge in [0.25, 0.3) is 0 Å². The third-order valence-electron chi connectivity index (χ3n) is 4.38. The van der Waals surface area contributed by atoms with Gasteiger partial charge in [0, 0.05) is 32.0 Å². The average Bonchev–Trinajstić information content (AvgIpc) is 2.76. The summed E-state index contributed by atoms with van der Waals surface area (Å²) in [5.41, 5.74) is 0. The highest BCUT2D eigenvalue weighted by Gasteiger charge is 2.50. The van der Waals surface area contributed by atoms with E-state index in [-0.39, 0.29) is 5.97 Å². The summed E-state index contributed by atoms with van der Waals surface area (Å²) in [6.45, 7) is 9.81. The zero-order chi connectivity index (χ0) is 15.7. The Morgan fingerprint density at radius 1 is 1.10 bits per heavy atom. The molecule has 21 heavy (non-hydrogen) atoms. The molecule has 0 aromatic heterocycles. The minimum absolute atomic E-state index is 0.0900. The molecule has 124 valence electrons. The highest BCUT2D eigenvalue weighted by Crippen LogP contribution is 2.47. The summed E-state index contributed by atoms with van der Waals surface area (Å²) in [5, 5.41) is 0. The number of unbranched alkanes of at least 4 members (excludes halogenated alkanes) is 1. The molecule has 4 nitrogen and oxygen atoms in total. The normalized spacial score (nSPS) is 24.2. The first-order valence-corrected chi connectivity index (χ1v) is 8.56. The van der Waals surface area contributed by atoms with Gasteiger partial charge in [0.05, 0.1) is 6.61 Å². The van der Waals surface area contributed by atoms with Gasteiger partial charge in [0.2, 0.25) is 0 Å². The van der Waals surface area contributed by atoms with E-state index in [4.69, 9.17) is 14.2 Å². The van der Waals surface area contributed by atoms with E-state index in [9.17, 15) is 4.79 Å². The Balaban J connectivity index is 2.81. The fourth-order valence-corrected chi connectivity index (χ4v) is 3.58. The van der Waals surface area contributed by atoms with Crippen molar-refractivity contribution in [1.29, 1.82) is 0 Å². The zero-order valence-corrected chi connectivity index (χ0v) is 14.2. The van der Waals surface area contributed by atoms with Gasteiger partial charge in [0.1, 0.15) is 0 Å². The summed E-state index contributed by atoms with van der Waals surface area (Å²) in [6.07, 6.45) is 5.70. The van der Waals surface area contributed by atoms with Crippen LogP contribution in [-0.4, -0.2) is 31.6 Å². The maximum Gasteiger partial charge on any atom is 0.306 e. The lowest BCUT2D eigenvalue weighted by atomic mass is 9.85. The van der Waals surface area contributed by atoms with Crippen molar-refractivity contribution in [2.45, 2.75) is 72.0 Å². The molecule has 0 radical (unpaired) electrons. The van der Waals surface area contributed by atoms with Crippen LogP contribution in [0.1, 0.15) is 66.2 Å². The highest BCUT2D eigenvalue weighted by molar-refractivity contribution is 5.69. The second kappa shape index (κ2) is 9.42. The molecule has 0 amide bonds. The molecule has 1 saturated carbocycles. The number of hydrogen-bond donors (Lipinski definition) is 0.